The van der Waals surface area contributed by atoms with Crippen molar-refractivity contribution in [2.75, 3.05) is 4.72 Å². The number of halogens is 3. The molecule has 1 saturated carbocycles. The van der Waals surface area contributed by atoms with Gasteiger partial charge in [-0.05, 0) is 61.7 Å². The molecule has 4 heterocycles. The van der Waals surface area contributed by atoms with Crippen molar-refractivity contribution >= 4 is 15.7 Å². The molecule has 1 aliphatic rings. The number of aryl methyl sites for hydroxylation is 1. The summed E-state index contributed by atoms with van der Waals surface area (Å²) in [6, 6.07) is 10.1. The number of pyridine rings is 4. The minimum Gasteiger partial charge on any atom is -0.435 e. The number of hydrogen-bond acceptors (Lipinski definition) is 8. The molecule has 0 bridgehead atoms. The summed E-state index contributed by atoms with van der Waals surface area (Å²) >= 11 is 0. The van der Waals surface area contributed by atoms with E-state index in [2.05, 4.69) is 24.7 Å². The van der Waals surface area contributed by atoms with Crippen LogP contribution in [0.5, 0.6) is 11.6 Å². The smallest absolute Gasteiger partial charge is 0.433 e. The fourth-order valence-electron chi connectivity index (χ4n) is 3.83. The molecular formula is C26H19F3N6O3S. The molecule has 1 aliphatic carbocycles. The highest BCUT2D eigenvalue weighted by molar-refractivity contribution is 7.92. The van der Waals surface area contributed by atoms with Crippen LogP contribution < -0.4 is 9.46 Å². The third kappa shape index (κ3) is 5.65. The van der Waals surface area contributed by atoms with Gasteiger partial charge in [-0.15, -0.1) is 0 Å². The van der Waals surface area contributed by atoms with Gasteiger partial charge in [0.1, 0.15) is 16.7 Å². The summed E-state index contributed by atoms with van der Waals surface area (Å²) in [6.45, 7) is 1.43. The van der Waals surface area contributed by atoms with Gasteiger partial charge in [0, 0.05) is 30.1 Å². The highest BCUT2D eigenvalue weighted by Gasteiger charge is 2.38. The predicted octanol–water partition coefficient (Wildman–Crippen LogP) is 5.60. The van der Waals surface area contributed by atoms with Gasteiger partial charge in [-0.3, -0.25) is 14.7 Å². The molecule has 4 aromatic rings. The zero-order chi connectivity index (χ0) is 27.8. The SMILES string of the molecule is Cc1cc(C(F)(F)F)nc(C2CC2)c1Oc1nc(-c2cncc(C#N)c2)ccc1S(=O)(=O)Nc1cccnc1. The lowest BCUT2D eigenvalue weighted by atomic mass is 10.1. The zero-order valence-electron chi connectivity index (χ0n) is 20.3. The molecule has 0 aliphatic heterocycles. The average molecular weight is 553 g/mol. The summed E-state index contributed by atoms with van der Waals surface area (Å²) in [5, 5.41) is 9.23. The maximum atomic E-state index is 13.5. The van der Waals surface area contributed by atoms with Crippen LogP contribution in [-0.4, -0.2) is 28.4 Å². The van der Waals surface area contributed by atoms with E-state index in [1.54, 1.807) is 6.07 Å². The second-order valence-corrected chi connectivity index (χ2v) is 10.5. The van der Waals surface area contributed by atoms with Gasteiger partial charge in [-0.1, -0.05) is 0 Å². The van der Waals surface area contributed by atoms with Crippen molar-refractivity contribution in [2.24, 2.45) is 0 Å². The standard InChI is InChI=1S/C26H19F3N6O3S/c1-15-9-22(26(27,28)29)34-23(17-4-5-17)24(15)38-25-21(39(36,37)35-19-3-2-8-31-14-19)7-6-20(33-25)18-10-16(11-30)12-32-13-18/h2-3,6-10,12-14,17,35H,4-5H2,1H3. The molecule has 0 unspecified atom stereocenters. The van der Waals surface area contributed by atoms with Gasteiger partial charge in [0.15, 0.2) is 5.75 Å². The van der Waals surface area contributed by atoms with Crippen molar-refractivity contribution in [3.63, 3.8) is 0 Å². The van der Waals surface area contributed by atoms with Gasteiger partial charge in [0.05, 0.1) is 28.8 Å². The lowest BCUT2D eigenvalue weighted by Crippen LogP contribution is -2.15. The number of rotatable bonds is 7. The van der Waals surface area contributed by atoms with Crippen LogP contribution in [0.2, 0.25) is 0 Å². The summed E-state index contributed by atoms with van der Waals surface area (Å²) in [5.41, 5.74) is 0.249. The number of ether oxygens (including phenoxy) is 1. The first-order valence-electron chi connectivity index (χ1n) is 11.6. The van der Waals surface area contributed by atoms with E-state index < -0.39 is 21.9 Å². The van der Waals surface area contributed by atoms with Gasteiger partial charge >= 0.3 is 6.18 Å². The summed E-state index contributed by atoms with van der Waals surface area (Å²) in [5.74, 6) is -0.621. The molecule has 0 atom stereocenters. The molecule has 5 rings (SSSR count). The maximum Gasteiger partial charge on any atom is 0.433 e. The molecule has 0 aromatic carbocycles. The Morgan fingerprint density at radius 2 is 1.87 bits per heavy atom. The third-order valence-electron chi connectivity index (χ3n) is 5.83. The van der Waals surface area contributed by atoms with Crippen LogP contribution >= 0.6 is 0 Å². The highest BCUT2D eigenvalue weighted by Crippen LogP contribution is 2.47. The number of nitrogens with zero attached hydrogens (tertiary/aromatic N) is 5. The van der Waals surface area contributed by atoms with Crippen LogP contribution in [-0.2, 0) is 16.2 Å². The van der Waals surface area contributed by atoms with Gasteiger partial charge in [-0.25, -0.2) is 18.4 Å². The van der Waals surface area contributed by atoms with Crippen molar-refractivity contribution in [1.29, 1.82) is 5.26 Å². The lowest BCUT2D eigenvalue weighted by Gasteiger charge is -2.18. The van der Waals surface area contributed by atoms with E-state index in [1.807, 2.05) is 6.07 Å². The number of aromatic nitrogens is 4. The molecular weight excluding hydrogens is 533 g/mol. The second kappa shape index (κ2) is 9.95. The molecule has 0 spiro atoms. The third-order valence-corrected chi connectivity index (χ3v) is 7.22. The molecule has 4 aromatic heterocycles. The van der Waals surface area contributed by atoms with E-state index in [0.717, 1.165) is 6.07 Å². The fraction of sp³-hybridized carbons (Fsp3) is 0.192. The number of alkyl halides is 3. The Balaban J connectivity index is 1.65. The quantitative estimate of drug-likeness (QED) is 0.313. The Morgan fingerprint density at radius 3 is 2.54 bits per heavy atom. The predicted molar refractivity (Wildman–Crippen MR) is 133 cm³/mol. The van der Waals surface area contributed by atoms with E-state index >= 15 is 0 Å². The van der Waals surface area contributed by atoms with Crippen LogP contribution in [0.3, 0.4) is 0 Å². The molecule has 1 fully saturated rings. The zero-order valence-corrected chi connectivity index (χ0v) is 21.1. The molecule has 1 N–H and O–H groups in total. The minimum absolute atomic E-state index is 0.0110. The van der Waals surface area contributed by atoms with Crippen LogP contribution in [0.4, 0.5) is 18.9 Å². The van der Waals surface area contributed by atoms with E-state index in [9.17, 15) is 26.9 Å². The summed E-state index contributed by atoms with van der Waals surface area (Å²) in [7, 11) is -4.28. The van der Waals surface area contributed by atoms with Crippen LogP contribution in [0.1, 0.15) is 41.3 Å². The summed E-state index contributed by atoms with van der Waals surface area (Å²) in [6.07, 6.45) is 2.17. The Kier molecular flexibility index (Phi) is 6.65. The first kappa shape index (κ1) is 26.1. The maximum absolute atomic E-state index is 13.5. The number of sulfonamides is 1. The first-order valence-corrected chi connectivity index (χ1v) is 13.1. The number of hydrogen-bond donors (Lipinski definition) is 1. The Bertz CT molecular complexity index is 1700. The van der Waals surface area contributed by atoms with Gasteiger partial charge < -0.3 is 4.74 Å². The van der Waals surface area contributed by atoms with E-state index in [-0.39, 0.29) is 50.6 Å². The van der Waals surface area contributed by atoms with E-state index in [1.165, 1.54) is 56.0 Å². The Labute approximate surface area is 221 Å². The fourth-order valence-corrected chi connectivity index (χ4v) is 4.94. The molecule has 13 heteroatoms. The average Bonchev–Trinajstić information content (AvgIpc) is 3.75. The highest BCUT2D eigenvalue weighted by atomic mass is 32.2. The number of anilines is 1. The topological polar surface area (TPSA) is 131 Å². The van der Waals surface area contributed by atoms with Crippen molar-refractivity contribution in [3.8, 4) is 29.0 Å². The minimum atomic E-state index is -4.66. The Hall–Kier alpha value is -4.57. The Morgan fingerprint density at radius 1 is 1.08 bits per heavy atom. The lowest BCUT2D eigenvalue weighted by molar-refractivity contribution is -0.141. The molecule has 198 valence electrons. The molecule has 9 nitrogen and oxygen atoms in total. The van der Waals surface area contributed by atoms with Crippen molar-refractivity contribution in [2.45, 2.75) is 36.8 Å². The van der Waals surface area contributed by atoms with Crippen LogP contribution in [0.25, 0.3) is 11.3 Å². The summed E-state index contributed by atoms with van der Waals surface area (Å²) in [4.78, 5) is 15.8. The van der Waals surface area contributed by atoms with Crippen LogP contribution in [0, 0.1) is 18.3 Å². The number of nitriles is 1. The first-order chi connectivity index (χ1) is 18.5. The van der Waals surface area contributed by atoms with Gasteiger partial charge in [-0.2, -0.15) is 18.4 Å². The van der Waals surface area contributed by atoms with Gasteiger partial charge in [0.25, 0.3) is 10.0 Å². The molecule has 0 radical (unpaired) electrons. The molecule has 0 saturated heterocycles. The van der Waals surface area contributed by atoms with Gasteiger partial charge in [0.2, 0.25) is 5.88 Å². The number of nitrogens with one attached hydrogen (secondary N) is 1. The normalized spacial score (nSPS) is 13.5. The molecule has 0 amide bonds. The summed E-state index contributed by atoms with van der Waals surface area (Å²) < 4.78 is 75.6. The second-order valence-electron chi connectivity index (χ2n) is 8.83. The van der Waals surface area contributed by atoms with Crippen LogP contribution in [0.15, 0.2) is 66.1 Å². The van der Waals surface area contributed by atoms with Crippen molar-refractivity contribution in [3.05, 3.63) is 83.7 Å². The monoisotopic (exact) mass is 552 g/mol. The van der Waals surface area contributed by atoms with Crippen molar-refractivity contribution in [1.82, 2.24) is 19.9 Å². The molecule has 39 heavy (non-hydrogen) atoms. The largest absolute Gasteiger partial charge is 0.435 e. The van der Waals surface area contributed by atoms with Crippen molar-refractivity contribution < 1.29 is 26.3 Å². The van der Waals surface area contributed by atoms with E-state index in [4.69, 9.17) is 4.74 Å². The van der Waals surface area contributed by atoms with E-state index in [0.29, 0.717) is 18.4 Å².